The molecule has 0 spiro atoms. The molecule has 8 heteroatoms. The van der Waals surface area contributed by atoms with Crippen molar-refractivity contribution in [2.45, 2.75) is 6.29 Å². The summed E-state index contributed by atoms with van der Waals surface area (Å²) in [7, 11) is 2.82. The van der Waals surface area contributed by atoms with Gasteiger partial charge in [0, 0.05) is 25.8 Å². The van der Waals surface area contributed by atoms with Gasteiger partial charge >= 0.3 is 5.69 Å². The third kappa shape index (κ3) is 3.97. The van der Waals surface area contributed by atoms with Crippen molar-refractivity contribution in [2.75, 3.05) is 20.8 Å². The van der Waals surface area contributed by atoms with Crippen LogP contribution in [-0.2, 0) is 9.47 Å². The number of benzene rings is 1. The topological polar surface area (TPSA) is 90.7 Å². The molecule has 19 heavy (non-hydrogen) atoms. The molecule has 0 aliphatic carbocycles. The Morgan fingerprint density at radius 3 is 2.58 bits per heavy atom. The van der Waals surface area contributed by atoms with Crippen LogP contribution in [0.5, 0.6) is 0 Å². The molecule has 0 radical (unpaired) electrons. The number of amides is 1. The third-order valence-electron chi connectivity index (χ3n) is 2.36. The zero-order valence-corrected chi connectivity index (χ0v) is 10.4. The van der Waals surface area contributed by atoms with Crippen LogP contribution in [0.1, 0.15) is 10.4 Å². The highest BCUT2D eigenvalue weighted by Crippen LogP contribution is 2.17. The average Bonchev–Trinajstić information content (AvgIpc) is 2.39. The quantitative estimate of drug-likeness (QED) is 0.475. The van der Waals surface area contributed by atoms with E-state index in [0.717, 1.165) is 12.1 Å². The summed E-state index contributed by atoms with van der Waals surface area (Å²) in [6.07, 6.45) is -0.619. The number of methoxy groups -OCH3 is 2. The Balaban J connectivity index is 2.73. The van der Waals surface area contributed by atoms with Crippen LogP contribution >= 0.6 is 0 Å². The van der Waals surface area contributed by atoms with Gasteiger partial charge in [-0.3, -0.25) is 14.9 Å². The summed E-state index contributed by atoms with van der Waals surface area (Å²) in [6, 6.07) is 2.92. The first kappa shape index (κ1) is 15.0. The van der Waals surface area contributed by atoms with Crippen molar-refractivity contribution in [3.8, 4) is 0 Å². The number of nitro groups is 1. The first-order valence-electron chi connectivity index (χ1n) is 5.27. The minimum Gasteiger partial charge on any atom is -0.354 e. The first-order chi connectivity index (χ1) is 8.99. The van der Waals surface area contributed by atoms with Gasteiger partial charge in [0.1, 0.15) is 0 Å². The Labute approximate surface area is 108 Å². The molecule has 0 saturated heterocycles. The highest BCUT2D eigenvalue weighted by molar-refractivity contribution is 5.94. The lowest BCUT2D eigenvalue weighted by Crippen LogP contribution is -2.34. The summed E-state index contributed by atoms with van der Waals surface area (Å²) < 4.78 is 23.0. The van der Waals surface area contributed by atoms with Crippen LogP contribution in [0, 0.1) is 15.9 Å². The molecular formula is C11H13FN2O5. The van der Waals surface area contributed by atoms with Gasteiger partial charge in [-0.2, -0.15) is 4.39 Å². The van der Waals surface area contributed by atoms with Crippen LogP contribution in [-0.4, -0.2) is 37.9 Å². The van der Waals surface area contributed by atoms with E-state index in [0.29, 0.717) is 0 Å². The summed E-state index contributed by atoms with van der Waals surface area (Å²) in [6.45, 7) is 0.0738. The molecule has 1 aromatic rings. The Kier molecular flexibility index (Phi) is 5.34. The predicted molar refractivity (Wildman–Crippen MR) is 63.2 cm³/mol. The molecule has 1 N–H and O–H groups in total. The molecule has 0 fully saturated rings. The second-order valence-corrected chi connectivity index (χ2v) is 3.53. The van der Waals surface area contributed by atoms with Crippen molar-refractivity contribution in [1.82, 2.24) is 5.32 Å². The summed E-state index contributed by atoms with van der Waals surface area (Å²) in [4.78, 5) is 21.2. The van der Waals surface area contributed by atoms with E-state index in [4.69, 9.17) is 9.47 Å². The fourth-order valence-electron chi connectivity index (χ4n) is 1.34. The molecule has 0 aliphatic heterocycles. The first-order valence-corrected chi connectivity index (χ1v) is 5.27. The van der Waals surface area contributed by atoms with Crippen molar-refractivity contribution >= 4 is 11.6 Å². The Bertz CT molecular complexity index is 476. The number of rotatable bonds is 6. The molecule has 1 amide bonds. The van der Waals surface area contributed by atoms with Gasteiger partial charge in [-0.25, -0.2) is 0 Å². The standard InChI is InChI=1S/C11H13FN2O5/c1-18-10(19-2)6-13-11(15)7-3-4-9(14(16)17)8(12)5-7/h3-5,10H,6H2,1-2H3,(H,13,15). The maximum atomic E-state index is 13.3. The highest BCUT2D eigenvalue weighted by atomic mass is 19.1. The van der Waals surface area contributed by atoms with Gasteiger partial charge in [0.2, 0.25) is 5.82 Å². The van der Waals surface area contributed by atoms with E-state index >= 15 is 0 Å². The van der Waals surface area contributed by atoms with Gasteiger partial charge in [-0.15, -0.1) is 0 Å². The van der Waals surface area contributed by atoms with Gasteiger partial charge in [-0.1, -0.05) is 0 Å². The van der Waals surface area contributed by atoms with E-state index in [2.05, 4.69) is 5.32 Å². The van der Waals surface area contributed by atoms with E-state index in [1.807, 2.05) is 0 Å². The van der Waals surface area contributed by atoms with Crippen molar-refractivity contribution in [1.29, 1.82) is 0 Å². The number of nitrogens with one attached hydrogen (secondary N) is 1. The van der Waals surface area contributed by atoms with E-state index in [9.17, 15) is 19.3 Å². The smallest absolute Gasteiger partial charge is 0.304 e. The van der Waals surface area contributed by atoms with Gasteiger partial charge in [0.05, 0.1) is 11.5 Å². The molecule has 0 saturated carbocycles. The molecule has 1 rings (SSSR count). The Hall–Kier alpha value is -2.06. The fraction of sp³-hybridized carbons (Fsp3) is 0.364. The minimum absolute atomic E-state index is 0.0194. The number of ether oxygens (including phenoxy) is 2. The minimum atomic E-state index is -1.06. The lowest BCUT2D eigenvalue weighted by molar-refractivity contribution is -0.387. The van der Waals surface area contributed by atoms with E-state index in [1.165, 1.54) is 20.3 Å². The third-order valence-corrected chi connectivity index (χ3v) is 2.36. The number of nitrogens with zero attached hydrogens (tertiary/aromatic N) is 1. The number of carbonyl (C=O) groups excluding carboxylic acids is 1. The Morgan fingerprint density at radius 2 is 2.11 bits per heavy atom. The maximum absolute atomic E-state index is 13.3. The second kappa shape index (κ2) is 6.76. The Morgan fingerprint density at radius 1 is 1.47 bits per heavy atom. The molecule has 0 bridgehead atoms. The number of nitro benzene ring substituents is 1. The van der Waals surface area contributed by atoms with Crippen molar-refractivity contribution in [3.05, 3.63) is 39.7 Å². The van der Waals surface area contributed by atoms with Crippen molar-refractivity contribution in [3.63, 3.8) is 0 Å². The molecule has 1 aromatic carbocycles. The molecule has 104 valence electrons. The lowest BCUT2D eigenvalue weighted by atomic mass is 10.2. The average molecular weight is 272 g/mol. The van der Waals surface area contributed by atoms with E-state index in [1.54, 1.807) is 0 Å². The second-order valence-electron chi connectivity index (χ2n) is 3.53. The van der Waals surface area contributed by atoms with E-state index < -0.39 is 28.6 Å². The summed E-state index contributed by atoms with van der Waals surface area (Å²) in [5.41, 5.74) is -0.697. The number of halogens is 1. The molecule has 0 aliphatic rings. The van der Waals surface area contributed by atoms with Gasteiger partial charge in [-0.05, 0) is 12.1 Å². The zero-order valence-electron chi connectivity index (χ0n) is 10.4. The molecule has 0 unspecified atom stereocenters. The van der Waals surface area contributed by atoms with Crippen LogP contribution in [0.3, 0.4) is 0 Å². The molecular weight excluding hydrogens is 259 g/mol. The molecule has 0 aromatic heterocycles. The van der Waals surface area contributed by atoms with Crippen LogP contribution in [0.25, 0.3) is 0 Å². The lowest BCUT2D eigenvalue weighted by Gasteiger charge is -2.13. The number of hydrogen-bond donors (Lipinski definition) is 1. The van der Waals surface area contributed by atoms with Crippen LogP contribution in [0.15, 0.2) is 18.2 Å². The molecule has 0 atom stereocenters. The summed E-state index contributed by atoms with van der Waals surface area (Å²) >= 11 is 0. The largest absolute Gasteiger partial charge is 0.354 e. The number of carbonyl (C=O) groups is 1. The summed E-state index contributed by atoms with van der Waals surface area (Å²) in [5.74, 6) is -1.64. The normalized spacial score (nSPS) is 10.5. The molecule has 7 nitrogen and oxygen atoms in total. The van der Waals surface area contributed by atoms with Crippen LogP contribution < -0.4 is 5.32 Å². The highest BCUT2D eigenvalue weighted by Gasteiger charge is 2.17. The van der Waals surface area contributed by atoms with Crippen LogP contribution in [0.2, 0.25) is 0 Å². The van der Waals surface area contributed by atoms with Crippen molar-refractivity contribution in [2.24, 2.45) is 0 Å². The number of hydrogen-bond acceptors (Lipinski definition) is 5. The summed E-state index contributed by atoms with van der Waals surface area (Å²) in [5, 5.41) is 12.9. The predicted octanol–water partition coefficient (Wildman–Crippen LogP) is 1.08. The van der Waals surface area contributed by atoms with Crippen LogP contribution in [0.4, 0.5) is 10.1 Å². The van der Waals surface area contributed by atoms with E-state index in [-0.39, 0.29) is 12.1 Å². The van der Waals surface area contributed by atoms with Gasteiger partial charge in [0.15, 0.2) is 6.29 Å². The monoisotopic (exact) mass is 272 g/mol. The van der Waals surface area contributed by atoms with Gasteiger partial charge in [0.25, 0.3) is 5.91 Å². The SMILES string of the molecule is COC(CNC(=O)c1ccc([N+](=O)[O-])c(F)c1)OC. The van der Waals surface area contributed by atoms with Crippen molar-refractivity contribution < 1.29 is 23.6 Å². The fourth-order valence-corrected chi connectivity index (χ4v) is 1.34. The zero-order chi connectivity index (χ0) is 14.4. The molecule has 0 heterocycles. The maximum Gasteiger partial charge on any atom is 0.304 e. The van der Waals surface area contributed by atoms with Gasteiger partial charge < -0.3 is 14.8 Å².